The van der Waals surface area contributed by atoms with Crippen LogP contribution in [0, 0.1) is 0 Å². The summed E-state index contributed by atoms with van der Waals surface area (Å²) in [5.41, 5.74) is 2.00. The maximum atomic E-state index is 12.9. The van der Waals surface area contributed by atoms with E-state index in [9.17, 15) is 14.7 Å². The molecule has 0 fully saturated rings. The first-order valence-corrected chi connectivity index (χ1v) is 12.0. The molecule has 3 aromatic rings. The van der Waals surface area contributed by atoms with E-state index in [0.29, 0.717) is 22.8 Å². The van der Waals surface area contributed by atoms with E-state index in [4.69, 9.17) is 9.47 Å². The Hall–Kier alpha value is -3.14. The minimum atomic E-state index is -1.00. The van der Waals surface area contributed by atoms with E-state index < -0.39 is 18.2 Å². The third-order valence-corrected chi connectivity index (χ3v) is 6.74. The Morgan fingerprint density at radius 2 is 2.00 bits per heavy atom. The van der Waals surface area contributed by atoms with Crippen molar-refractivity contribution in [3.05, 3.63) is 75.7 Å². The number of ether oxygens (including phenoxy) is 2. The van der Waals surface area contributed by atoms with Crippen LogP contribution >= 0.6 is 23.7 Å². The molecule has 0 saturated heterocycles. The first-order chi connectivity index (χ1) is 16.5. The van der Waals surface area contributed by atoms with Crippen LogP contribution in [0.1, 0.15) is 45.1 Å². The van der Waals surface area contributed by atoms with Crippen molar-refractivity contribution in [2.24, 2.45) is 0 Å². The van der Waals surface area contributed by atoms with Crippen LogP contribution in [0.3, 0.4) is 0 Å². The summed E-state index contributed by atoms with van der Waals surface area (Å²) in [5.74, 6) is -0.0962. The first kappa shape index (κ1) is 26.5. The number of rotatable bonds is 10. The van der Waals surface area contributed by atoms with Crippen LogP contribution in [-0.4, -0.2) is 41.2 Å². The molecule has 0 bridgehead atoms. The zero-order valence-corrected chi connectivity index (χ0v) is 20.9. The Kier molecular flexibility index (Phi) is 9.47. The third-order valence-electron chi connectivity index (χ3n) is 5.50. The number of aliphatic carboxylic acids is 1. The highest BCUT2D eigenvalue weighted by Gasteiger charge is 2.21. The fourth-order valence-electron chi connectivity index (χ4n) is 3.68. The van der Waals surface area contributed by atoms with Crippen LogP contribution in [0.5, 0.6) is 11.5 Å². The van der Waals surface area contributed by atoms with Gasteiger partial charge < -0.3 is 25.2 Å². The lowest BCUT2D eigenvalue weighted by atomic mass is 10.1. The van der Waals surface area contributed by atoms with Gasteiger partial charge in [0.1, 0.15) is 17.6 Å². The Bertz CT molecular complexity index is 1100. The van der Waals surface area contributed by atoms with Crippen molar-refractivity contribution < 1.29 is 24.2 Å². The zero-order valence-electron chi connectivity index (χ0n) is 19.2. The van der Waals surface area contributed by atoms with E-state index in [1.807, 2.05) is 18.2 Å². The summed E-state index contributed by atoms with van der Waals surface area (Å²) in [6.45, 7) is 3.73. The molecule has 0 saturated carbocycles. The Morgan fingerprint density at radius 3 is 2.66 bits per heavy atom. The average molecular weight is 518 g/mol. The predicted octanol–water partition coefficient (Wildman–Crippen LogP) is 4.00. The Labute approximate surface area is 214 Å². The fourth-order valence-corrected chi connectivity index (χ4v) is 4.78. The third kappa shape index (κ3) is 6.94. The van der Waals surface area contributed by atoms with Gasteiger partial charge in [-0.1, -0.05) is 19.1 Å². The van der Waals surface area contributed by atoms with E-state index in [-0.39, 0.29) is 24.9 Å². The summed E-state index contributed by atoms with van der Waals surface area (Å²) in [7, 11) is 0. The summed E-state index contributed by atoms with van der Waals surface area (Å²) in [5, 5.41) is 15.5. The molecule has 3 heterocycles. The van der Waals surface area contributed by atoms with Crippen molar-refractivity contribution in [3.8, 4) is 11.5 Å². The molecule has 10 heteroatoms. The van der Waals surface area contributed by atoms with Gasteiger partial charge in [-0.2, -0.15) is 0 Å². The molecular formula is C25H28ClN3O5S. The molecule has 0 radical (unpaired) electrons. The average Bonchev–Trinajstić information content (AvgIpc) is 3.30. The second-order valence-corrected chi connectivity index (χ2v) is 9.05. The molecule has 4 rings (SSSR count). The van der Waals surface area contributed by atoms with E-state index in [0.717, 1.165) is 25.1 Å². The molecule has 1 amide bonds. The van der Waals surface area contributed by atoms with Gasteiger partial charge in [-0.25, -0.2) is 4.79 Å². The molecule has 1 aromatic carbocycles. The largest absolute Gasteiger partial charge is 0.482 e. The predicted molar refractivity (Wildman–Crippen MR) is 136 cm³/mol. The molecule has 3 N–H and O–H groups in total. The fraction of sp³-hybridized carbons (Fsp3) is 0.320. The highest BCUT2D eigenvalue weighted by atomic mass is 35.5. The van der Waals surface area contributed by atoms with E-state index in [1.165, 1.54) is 21.8 Å². The quantitative estimate of drug-likeness (QED) is 0.373. The first-order valence-electron chi connectivity index (χ1n) is 11.2. The number of nitrogens with zero attached hydrogens (tertiary/aromatic N) is 1. The lowest BCUT2D eigenvalue weighted by Crippen LogP contribution is -2.30. The van der Waals surface area contributed by atoms with Crippen molar-refractivity contribution >= 4 is 35.6 Å². The van der Waals surface area contributed by atoms with Crippen LogP contribution in [0.2, 0.25) is 0 Å². The summed E-state index contributed by atoms with van der Waals surface area (Å²) < 4.78 is 11.7. The Balaban J connectivity index is 0.00000342. The molecule has 1 aliphatic rings. The molecule has 0 spiro atoms. The maximum absolute atomic E-state index is 12.9. The monoisotopic (exact) mass is 517 g/mol. The molecule has 8 nitrogen and oxygen atoms in total. The number of fused-ring (bicyclic) bond motifs is 1. The smallest absolute Gasteiger partial charge is 0.344 e. The van der Waals surface area contributed by atoms with Crippen molar-refractivity contribution in [3.63, 3.8) is 0 Å². The SMILES string of the molecule is CCC(Oc1ccc(C(CNC(=O)c2cc3c(s2)CCNC3)Oc2cccnc2)cc1)C(=O)O.Cl. The van der Waals surface area contributed by atoms with Gasteiger partial charge in [0.25, 0.3) is 5.91 Å². The number of carboxylic acids is 1. The number of halogens is 1. The molecule has 1 aliphatic heterocycles. The number of nitrogens with one attached hydrogen (secondary N) is 2. The maximum Gasteiger partial charge on any atom is 0.344 e. The van der Waals surface area contributed by atoms with Crippen molar-refractivity contribution in [1.82, 2.24) is 15.6 Å². The number of thiophene rings is 1. The topological polar surface area (TPSA) is 110 Å². The lowest BCUT2D eigenvalue weighted by molar-refractivity contribution is -0.145. The number of pyridine rings is 1. The number of benzene rings is 1. The van der Waals surface area contributed by atoms with Crippen molar-refractivity contribution in [1.29, 1.82) is 0 Å². The molecule has 186 valence electrons. The minimum Gasteiger partial charge on any atom is -0.482 e. The highest BCUT2D eigenvalue weighted by molar-refractivity contribution is 7.14. The summed E-state index contributed by atoms with van der Waals surface area (Å²) in [4.78, 5) is 30.2. The van der Waals surface area contributed by atoms with Crippen LogP contribution in [0.25, 0.3) is 0 Å². The minimum absolute atomic E-state index is 0. The second-order valence-electron chi connectivity index (χ2n) is 7.91. The van der Waals surface area contributed by atoms with Crippen LogP contribution in [0.4, 0.5) is 0 Å². The van der Waals surface area contributed by atoms with Crippen LogP contribution < -0.4 is 20.1 Å². The van der Waals surface area contributed by atoms with Gasteiger partial charge in [0.15, 0.2) is 6.10 Å². The van der Waals surface area contributed by atoms with Gasteiger partial charge in [0.2, 0.25) is 0 Å². The van der Waals surface area contributed by atoms with E-state index in [1.54, 1.807) is 43.6 Å². The zero-order chi connectivity index (χ0) is 23.9. The number of aromatic nitrogens is 1. The van der Waals surface area contributed by atoms with E-state index >= 15 is 0 Å². The number of hydrogen-bond donors (Lipinski definition) is 3. The molecule has 2 unspecified atom stereocenters. The normalized spacial score (nSPS) is 14.1. The van der Waals surface area contributed by atoms with Gasteiger partial charge >= 0.3 is 5.97 Å². The number of carbonyl (C=O) groups is 2. The van der Waals surface area contributed by atoms with Crippen LogP contribution in [0.15, 0.2) is 54.9 Å². The van der Waals surface area contributed by atoms with E-state index in [2.05, 4.69) is 15.6 Å². The van der Waals surface area contributed by atoms with Crippen molar-refractivity contribution in [2.75, 3.05) is 13.1 Å². The van der Waals surface area contributed by atoms with Gasteiger partial charge in [-0.05, 0) is 54.3 Å². The van der Waals surface area contributed by atoms with Crippen molar-refractivity contribution in [2.45, 2.75) is 38.5 Å². The lowest BCUT2D eigenvalue weighted by Gasteiger charge is -2.20. The molecule has 35 heavy (non-hydrogen) atoms. The van der Waals surface area contributed by atoms with Gasteiger partial charge in [0, 0.05) is 24.2 Å². The number of amides is 1. The summed E-state index contributed by atoms with van der Waals surface area (Å²) >= 11 is 1.54. The molecule has 2 atom stereocenters. The number of carbonyl (C=O) groups excluding carboxylic acids is 1. The highest BCUT2D eigenvalue weighted by Crippen LogP contribution is 2.27. The van der Waals surface area contributed by atoms with Gasteiger partial charge in [-0.15, -0.1) is 23.7 Å². The summed E-state index contributed by atoms with van der Waals surface area (Å²) in [6, 6.07) is 12.6. The standard InChI is InChI=1S/C25H27N3O5S.ClH/c1-2-20(25(30)31)32-18-7-5-16(6-8-18)21(33-19-4-3-10-26-14-19)15-28-24(29)23-12-17-13-27-11-9-22(17)34-23;/h3-8,10,12,14,20-21,27H,2,9,11,13,15H2,1H3,(H,28,29)(H,30,31);1H. The molecular weight excluding hydrogens is 490 g/mol. The summed E-state index contributed by atoms with van der Waals surface area (Å²) in [6.07, 6.45) is 3.20. The second kappa shape index (κ2) is 12.5. The number of hydrogen-bond acceptors (Lipinski definition) is 7. The molecule has 2 aromatic heterocycles. The van der Waals surface area contributed by atoms with Gasteiger partial charge in [-0.3, -0.25) is 9.78 Å². The molecule has 0 aliphatic carbocycles. The van der Waals surface area contributed by atoms with Gasteiger partial charge in [0.05, 0.1) is 17.6 Å². The number of carboxylic acid groups (broad SMARTS) is 1. The van der Waals surface area contributed by atoms with Crippen LogP contribution in [-0.2, 0) is 17.8 Å². The Morgan fingerprint density at radius 1 is 1.20 bits per heavy atom.